The molecule has 0 radical (unpaired) electrons. The number of hydrogen-bond acceptors (Lipinski definition) is 1. The van der Waals surface area contributed by atoms with Crippen LogP contribution in [0.3, 0.4) is 0 Å². The number of benzene rings is 1. The van der Waals surface area contributed by atoms with Gasteiger partial charge in [0, 0.05) is 10.9 Å². The fraction of sp³-hybridized carbons (Fsp3) is 0.385. The second kappa shape index (κ2) is 4.11. The summed E-state index contributed by atoms with van der Waals surface area (Å²) in [5.74, 6) is 0. The van der Waals surface area contributed by atoms with Crippen LogP contribution in [-0.4, -0.2) is 10.7 Å². The Morgan fingerprint density at radius 1 is 1.53 bits per heavy atom. The van der Waals surface area contributed by atoms with Crippen LogP contribution in [-0.2, 0) is 12.8 Å². The summed E-state index contributed by atoms with van der Waals surface area (Å²) in [6.45, 7) is 3.70. The molecule has 2 heteroatoms. The summed E-state index contributed by atoms with van der Waals surface area (Å²) in [4.78, 5) is 0. The van der Waals surface area contributed by atoms with Gasteiger partial charge in [0.05, 0.1) is 5.60 Å². The van der Waals surface area contributed by atoms with E-state index in [2.05, 4.69) is 34.6 Å². The summed E-state index contributed by atoms with van der Waals surface area (Å²) in [5, 5.41) is 10.3. The summed E-state index contributed by atoms with van der Waals surface area (Å²) in [6.07, 6.45) is 5.01. The lowest BCUT2D eigenvalue weighted by molar-refractivity contribution is 0.0293. The van der Waals surface area contributed by atoms with Gasteiger partial charge in [0.25, 0.3) is 0 Å². The molecular formula is C13H15BrO. The predicted octanol–water partition coefficient (Wildman–Crippen LogP) is 3.25. The van der Waals surface area contributed by atoms with Gasteiger partial charge in [0.2, 0.25) is 0 Å². The number of aliphatic hydroxyl groups is 1. The Labute approximate surface area is 99.0 Å². The lowest BCUT2D eigenvalue weighted by atomic mass is 9.79. The van der Waals surface area contributed by atoms with Gasteiger partial charge in [-0.2, -0.15) is 0 Å². The average Bonchev–Trinajstić information content (AvgIpc) is 2.17. The molecule has 80 valence electrons. The van der Waals surface area contributed by atoms with Gasteiger partial charge < -0.3 is 5.11 Å². The van der Waals surface area contributed by atoms with Crippen molar-refractivity contribution in [1.82, 2.24) is 0 Å². The molecule has 15 heavy (non-hydrogen) atoms. The normalized spacial score (nSPS) is 24.7. The number of hydrogen-bond donors (Lipinski definition) is 1. The third-order valence-electron chi connectivity index (χ3n) is 3.10. The van der Waals surface area contributed by atoms with E-state index < -0.39 is 5.60 Å². The first-order valence-corrected chi connectivity index (χ1v) is 6.03. The fourth-order valence-corrected chi connectivity index (χ4v) is 2.90. The highest BCUT2D eigenvalue weighted by Crippen LogP contribution is 2.34. The molecule has 1 nitrogen and oxygen atoms in total. The Morgan fingerprint density at radius 3 is 3.07 bits per heavy atom. The van der Waals surface area contributed by atoms with Crippen LogP contribution >= 0.6 is 15.9 Å². The first kappa shape index (κ1) is 10.9. The molecule has 1 unspecified atom stereocenters. The third kappa shape index (κ3) is 2.16. The van der Waals surface area contributed by atoms with Crippen molar-refractivity contribution in [2.24, 2.45) is 0 Å². The molecule has 0 fully saturated rings. The van der Waals surface area contributed by atoms with Crippen molar-refractivity contribution in [3.05, 3.63) is 46.5 Å². The van der Waals surface area contributed by atoms with Crippen LogP contribution in [0, 0.1) is 0 Å². The molecule has 0 saturated heterocycles. The van der Waals surface area contributed by atoms with E-state index in [4.69, 9.17) is 0 Å². The Bertz CT molecular complexity index is 386. The van der Waals surface area contributed by atoms with Gasteiger partial charge in [-0.15, -0.1) is 6.58 Å². The molecule has 0 amide bonds. The Balaban J connectivity index is 2.31. The zero-order chi connectivity index (χ0) is 10.9. The Hall–Kier alpha value is -0.600. The lowest BCUT2D eigenvalue weighted by Crippen LogP contribution is -2.35. The number of halogens is 1. The summed E-state index contributed by atoms with van der Waals surface area (Å²) < 4.78 is 1.17. The number of rotatable bonds is 2. The van der Waals surface area contributed by atoms with E-state index in [-0.39, 0.29) is 0 Å². The van der Waals surface area contributed by atoms with Gasteiger partial charge in [-0.25, -0.2) is 0 Å². The van der Waals surface area contributed by atoms with Crippen LogP contribution in [0.25, 0.3) is 0 Å². The molecular weight excluding hydrogens is 252 g/mol. The summed E-state index contributed by atoms with van der Waals surface area (Å²) in [6, 6.07) is 6.20. The minimum atomic E-state index is -0.574. The molecule has 0 heterocycles. The van der Waals surface area contributed by atoms with E-state index in [1.54, 1.807) is 0 Å². The maximum Gasteiger partial charge on any atom is 0.0725 e. The van der Waals surface area contributed by atoms with Crippen molar-refractivity contribution in [3.8, 4) is 0 Å². The molecule has 1 aliphatic carbocycles. The van der Waals surface area contributed by atoms with E-state index in [0.717, 1.165) is 19.3 Å². The highest BCUT2D eigenvalue weighted by molar-refractivity contribution is 9.10. The number of fused-ring (bicyclic) bond motifs is 1. The molecule has 1 N–H and O–H groups in total. The highest BCUT2D eigenvalue weighted by Gasteiger charge is 2.31. The average molecular weight is 267 g/mol. The van der Waals surface area contributed by atoms with Crippen LogP contribution in [0.5, 0.6) is 0 Å². The highest BCUT2D eigenvalue weighted by atomic mass is 79.9. The second-order valence-electron chi connectivity index (χ2n) is 4.27. The molecule has 2 rings (SSSR count). The first-order valence-electron chi connectivity index (χ1n) is 5.24. The maximum atomic E-state index is 10.3. The summed E-state index contributed by atoms with van der Waals surface area (Å²) in [5.41, 5.74) is 2.04. The molecule has 0 aliphatic heterocycles. The van der Waals surface area contributed by atoms with Crippen molar-refractivity contribution in [1.29, 1.82) is 0 Å². The van der Waals surface area contributed by atoms with E-state index in [9.17, 15) is 5.11 Å². The summed E-state index contributed by atoms with van der Waals surface area (Å²) in [7, 11) is 0. The van der Waals surface area contributed by atoms with Crippen molar-refractivity contribution in [2.45, 2.75) is 31.3 Å². The molecule has 1 aliphatic rings. The molecule has 1 aromatic carbocycles. The minimum absolute atomic E-state index is 0.574. The monoisotopic (exact) mass is 266 g/mol. The van der Waals surface area contributed by atoms with Crippen LogP contribution in [0.2, 0.25) is 0 Å². The maximum absolute atomic E-state index is 10.3. The van der Waals surface area contributed by atoms with Crippen LogP contribution in [0.4, 0.5) is 0 Å². The largest absolute Gasteiger partial charge is 0.389 e. The molecule has 0 aromatic heterocycles. The molecule has 0 bridgehead atoms. The van der Waals surface area contributed by atoms with Crippen molar-refractivity contribution in [2.75, 3.05) is 0 Å². The zero-order valence-electron chi connectivity index (χ0n) is 8.67. The van der Waals surface area contributed by atoms with Crippen LogP contribution in [0.1, 0.15) is 24.0 Å². The van der Waals surface area contributed by atoms with Crippen molar-refractivity contribution in [3.63, 3.8) is 0 Å². The van der Waals surface area contributed by atoms with E-state index in [1.807, 2.05) is 12.1 Å². The predicted molar refractivity (Wildman–Crippen MR) is 65.9 cm³/mol. The minimum Gasteiger partial charge on any atom is -0.389 e. The summed E-state index contributed by atoms with van der Waals surface area (Å²) >= 11 is 3.56. The quantitative estimate of drug-likeness (QED) is 0.815. The van der Waals surface area contributed by atoms with Crippen molar-refractivity contribution >= 4 is 15.9 Å². The van der Waals surface area contributed by atoms with E-state index >= 15 is 0 Å². The smallest absolute Gasteiger partial charge is 0.0725 e. The van der Waals surface area contributed by atoms with Gasteiger partial charge in [-0.3, -0.25) is 0 Å². The Morgan fingerprint density at radius 2 is 2.33 bits per heavy atom. The van der Waals surface area contributed by atoms with Gasteiger partial charge in [-0.1, -0.05) is 34.1 Å². The van der Waals surface area contributed by atoms with E-state index in [0.29, 0.717) is 6.42 Å². The third-order valence-corrected chi connectivity index (χ3v) is 3.84. The molecule has 0 saturated carbocycles. The SMILES string of the molecule is C=CCC1(O)CCc2c(Br)cccc2C1. The zero-order valence-corrected chi connectivity index (χ0v) is 10.3. The molecule has 0 spiro atoms. The Kier molecular flexibility index (Phi) is 2.98. The lowest BCUT2D eigenvalue weighted by Gasteiger charge is -2.33. The fourth-order valence-electron chi connectivity index (χ4n) is 2.29. The molecule has 1 atom stereocenters. The standard InChI is InChI=1S/C13H15BrO/c1-2-7-13(15)8-6-11-10(9-13)4-3-5-12(11)14/h2-5,15H,1,6-9H2. The van der Waals surface area contributed by atoms with Gasteiger partial charge >= 0.3 is 0 Å². The van der Waals surface area contributed by atoms with Crippen LogP contribution in [0.15, 0.2) is 35.3 Å². The van der Waals surface area contributed by atoms with Crippen molar-refractivity contribution < 1.29 is 5.11 Å². The molecule has 1 aromatic rings. The topological polar surface area (TPSA) is 20.2 Å². The van der Waals surface area contributed by atoms with E-state index in [1.165, 1.54) is 15.6 Å². The van der Waals surface area contributed by atoms with Gasteiger partial charge in [0.1, 0.15) is 0 Å². The van der Waals surface area contributed by atoms with Crippen LogP contribution < -0.4 is 0 Å². The first-order chi connectivity index (χ1) is 7.14. The second-order valence-corrected chi connectivity index (χ2v) is 5.13. The van der Waals surface area contributed by atoms with Gasteiger partial charge in [-0.05, 0) is 36.5 Å². The van der Waals surface area contributed by atoms with Gasteiger partial charge in [0.15, 0.2) is 0 Å².